The number of oxazole rings is 1. The maximum atomic E-state index is 10.6. The molecule has 2 rings (SSSR count). The molecule has 0 unspecified atom stereocenters. The minimum absolute atomic E-state index is 0.433. The van der Waals surface area contributed by atoms with Crippen molar-refractivity contribution < 1.29 is 4.42 Å². The summed E-state index contributed by atoms with van der Waals surface area (Å²) in [5.41, 5.74) is 0.956. The third-order valence-electron chi connectivity index (χ3n) is 1.34. The molecular weight excluding hydrogens is 166 g/mol. The Bertz CT molecular complexity index is 443. The Hall–Kier alpha value is -1.22. The highest BCUT2D eigenvalue weighted by Gasteiger charge is 2.02. The van der Waals surface area contributed by atoms with Gasteiger partial charge in [0.15, 0.2) is 5.58 Å². The quantitative estimate of drug-likeness (QED) is 0.649. The molecule has 0 aliphatic rings. The monoisotopic (exact) mass is 168 g/mol. The second-order valence-corrected chi connectivity index (χ2v) is 2.46. The third-order valence-corrected chi connectivity index (χ3v) is 1.64. The average Bonchev–Trinajstić information content (AvgIpc) is 2.31. The number of H-pyrrole nitrogens is 1. The fourth-order valence-electron chi connectivity index (χ4n) is 0.882. The van der Waals surface area contributed by atoms with Gasteiger partial charge in [-0.2, -0.15) is 0 Å². The van der Waals surface area contributed by atoms with Crippen molar-refractivity contribution in [2.45, 2.75) is 0 Å². The molecule has 0 fully saturated rings. The van der Waals surface area contributed by atoms with E-state index in [9.17, 15) is 4.79 Å². The first-order valence-electron chi connectivity index (χ1n) is 2.96. The van der Waals surface area contributed by atoms with Crippen molar-refractivity contribution >= 4 is 22.7 Å². The first kappa shape index (κ1) is 6.49. The minimum Gasteiger partial charge on any atom is -0.408 e. The SMILES string of the molecule is O=c1[nH]c2c(Cl)c[c]cc2o1. The fourth-order valence-corrected chi connectivity index (χ4v) is 1.09. The van der Waals surface area contributed by atoms with E-state index in [2.05, 4.69) is 11.1 Å². The van der Waals surface area contributed by atoms with Crippen LogP contribution in [0.3, 0.4) is 0 Å². The lowest BCUT2D eigenvalue weighted by molar-refractivity contribution is 0.555. The number of aromatic nitrogens is 1. The van der Waals surface area contributed by atoms with Crippen molar-refractivity contribution in [2.75, 3.05) is 0 Å². The van der Waals surface area contributed by atoms with Gasteiger partial charge < -0.3 is 4.42 Å². The van der Waals surface area contributed by atoms with Gasteiger partial charge in [-0.25, -0.2) is 4.79 Å². The van der Waals surface area contributed by atoms with Gasteiger partial charge in [0.05, 0.1) is 5.02 Å². The van der Waals surface area contributed by atoms with Gasteiger partial charge in [-0.3, -0.25) is 4.98 Å². The van der Waals surface area contributed by atoms with Crippen LogP contribution in [0.5, 0.6) is 0 Å². The van der Waals surface area contributed by atoms with Gasteiger partial charge in [-0.1, -0.05) is 11.6 Å². The molecule has 0 bridgehead atoms. The average molecular weight is 169 g/mol. The van der Waals surface area contributed by atoms with Crippen LogP contribution >= 0.6 is 11.6 Å². The largest absolute Gasteiger partial charge is 0.417 e. The highest BCUT2D eigenvalue weighted by molar-refractivity contribution is 6.34. The van der Waals surface area contributed by atoms with Gasteiger partial charge in [0.2, 0.25) is 0 Å². The van der Waals surface area contributed by atoms with E-state index in [1.54, 1.807) is 12.1 Å². The number of hydrogen-bond donors (Lipinski definition) is 1. The second kappa shape index (κ2) is 2.13. The lowest BCUT2D eigenvalue weighted by atomic mass is 10.3. The van der Waals surface area contributed by atoms with Crippen LogP contribution in [0.15, 0.2) is 21.3 Å². The normalized spacial score (nSPS) is 10.6. The number of halogens is 1. The number of fused-ring (bicyclic) bond motifs is 1. The number of hydrogen-bond acceptors (Lipinski definition) is 2. The molecule has 1 radical (unpaired) electrons. The third kappa shape index (κ3) is 0.935. The summed E-state index contributed by atoms with van der Waals surface area (Å²) in [4.78, 5) is 13.1. The molecule has 1 aromatic carbocycles. The maximum Gasteiger partial charge on any atom is 0.417 e. The number of rotatable bonds is 0. The predicted octanol–water partition coefficient (Wildman–Crippen LogP) is 1.57. The molecule has 1 N–H and O–H groups in total. The van der Waals surface area contributed by atoms with Gasteiger partial charge >= 0.3 is 5.76 Å². The standard InChI is InChI=1S/C7H3ClNO2/c8-4-2-1-3-5-6(4)9-7(10)11-5/h2-3H,(H,9,10). The summed E-state index contributed by atoms with van der Waals surface area (Å²) in [5.74, 6) is -0.499. The second-order valence-electron chi connectivity index (χ2n) is 2.06. The molecule has 4 heteroatoms. The van der Waals surface area contributed by atoms with Crippen LogP contribution in [0.25, 0.3) is 11.1 Å². The Labute approximate surface area is 66.6 Å². The first-order chi connectivity index (χ1) is 5.27. The van der Waals surface area contributed by atoms with Crippen LogP contribution in [0, 0.1) is 6.07 Å². The zero-order valence-electron chi connectivity index (χ0n) is 5.35. The molecule has 1 heterocycles. The van der Waals surface area contributed by atoms with E-state index >= 15 is 0 Å². The summed E-state index contributed by atoms with van der Waals surface area (Å²) in [7, 11) is 0. The Balaban J connectivity index is 3.01. The molecule has 2 aromatic rings. The highest BCUT2D eigenvalue weighted by Crippen LogP contribution is 2.18. The van der Waals surface area contributed by atoms with Crippen LogP contribution in [0.2, 0.25) is 5.02 Å². The topological polar surface area (TPSA) is 46.0 Å². The summed E-state index contributed by atoms with van der Waals surface area (Å²) >= 11 is 5.71. The molecular formula is C7H3ClNO2. The predicted molar refractivity (Wildman–Crippen MR) is 40.7 cm³/mol. The molecule has 0 saturated heterocycles. The zero-order valence-corrected chi connectivity index (χ0v) is 6.11. The number of nitrogens with one attached hydrogen (secondary N) is 1. The molecule has 0 atom stereocenters. The zero-order chi connectivity index (χ0) is 7.84. The van der Waals surface area contributed by atoms with Crippen molar-refractivity contribution in [3.63, 3.8) is 0 Å². The van der Waals surface area contributed by atoms with Crippen molar-refractivity contribution in [3.8, 4) is 0 Å². The number of aromatic amines is 1. The van der Waals surface area contributed by atoms with E-state index < -0.39 is 5.76 Å². The van der Waals surface area contributed by atoms with Crippen LogP contribution in [0.4, 0.5) is 0 Å². The molecule has 0 saturated carbocycles. The smallest absolute Gasteiger partial charge is 0.408 e. The van der Waals surface area contributed by atoms with E-state index in [1.165, 1.54) is 0 Å². The Morgan fingerprint density at radius 3 is 3.09 bits per heavy atom. The molecule has 3 nitrogen and oxygen atoms in total. The fraction of sp³-hybridized carbons (Fsp3) is 0. The Kier molecular flexibility index (Phi) is 1.26. The van der Waals surface area contributed by atoms with Crippen LogP contribution in [0.1, 0.15) is 0 Å². The molecule has 0 spiro atoms. The molecule has 11 heavy (non-hydrogen) atoms. The van der Waals surface area contributed by atoms with E-state index in [4.69, 9.17) is 16.0 Å². The van der Waals surface area contributed by atoms with Crippen molar-refractivity contribution in [1.82, 2.24) is 4.98 Å². The van der Waals surface area contributed by atoms with Crippen molar-refractivity contribution in [1.29, 1.82) is 0 Å². The first-order valence-corrected chi connectivity index (χ1v) is 3.33. The molecule has 0 aliphatic carbocycles. The summed E-state index contributed by atoms with van der Waals surface area (Å²) < 4.78 is 4.72. The maximum absolute atomic E-state index is 10.6. The minimum atomic E-state index is -0.499. The van der Waals surface area contributed by atoms with Gasteiger partial charge in [0, 0.05) is 0 Å². The van der Waals surface area contributed by atoms with Crippen LogP contribution < -0.4 is 5.76 Å². The lowest BCUT2D eigenvalue weighted by Crippen LogP contribution is -1.93. The van der Waals surface area contributed by atoms with E-state index in [-0.39, 0.29) is 0 Å². The lowest BCUT2D eigenvalue weighted by Gasteiger charge is -1.86. The van der Waals surface area contributed by atoms with Gasteiger partial charge in [-0.05, 0) is 18.2 Å². The Morgan fingerprint density at radius 1 is 1.55 bits per heavy atom. The van der Waals surface area contributed by atoms with E-state index in [0.717, 1.165) is 0 Å². The molecule has 0 amide bonds. The summed E-state index contributed by atoms with van der Waals surface area (Å²) in [6, 6.07) is 5.85. The van der Waals surface area contributed by atoms with Gasteiger partial charge in [-0.15, -0.1) is 0 Å². The van der Waals surface area contributed by atoms with Gasteiger partial charge in [0.1, 0.15) is 5.52 Å². The van der Waals surface area contributed by atoms with Crippen LogP contribution in [-0.4, -0.2) is 4.98 Å². The van der Waals surface area contributed by atoms with Crippen molar-refractivity contribution in [3.05, 3.63) is 33.8 Å². The van der Waals surface area contributed by atoms with Crippen LogP contribution in [-0.2, 0) is 0 Å². The summed E-state index contributed by atoms with van der Waals surface area (Å²) in [6.45, 7) is 0. The Morgan fingerprint density at radius 2 is 2.36 bits per heavy atom. The van der Waals surface area contributed by atoms with Crippen molar-refractivity contribution in [2.24, 2.45) is 0 Å². The van der Waals surface area contributed by atoms with E-state index in [0.29, 0.717) is 16.1 Å². The summed E-state index contributed by atoms with van der Waals surface area (Å²) in [5, 5.41) is 0.438. The molecule has 0 aliphatic heterocycles. The highest BCUT2D eigenvalue weighted by atomic mass is 35.5. The molecule has 1 aromatic heterocycles. The van der Waals surface area contributed by atoms with Gasteiger partial charge in [0.25, 0.3) is 0 Å². The van der Waals surface area contributed by atoms with E-state index in [1.807, 2.05) is 0 Å². The number of benzene rings is 1. The molecule has 55 valence electrons. The summed E-state index contributed by atoms with van der Waals surface area (Å²) in [6.07, 6.45) is 0.